The molecule has 1 fully saturated rings. The van der Waals surface area contributed by atoms with Gasteiger partial charge in [-0.2, -0.15) is 18.4 Å². The van der Waals surface area contributed by atoms with E-state index in [9.17, 15) is 18.4 Å². The molecule has 0 bridgehead atoms. The minimum Gasteiger partial charge on any atom is -0.366 e. The van der Waals surface area contributed by atoms with Gasteiger partial charge >= 0.3 is 6.18 Å². The van der Waals surface area contributed by atoms with Crippen LogP contribution in [0.4, 0.5) is 13.2 Å². The third kappa shape index (κ3) is 8.90. The van der Waals surface area contributed by atoms with Gasteiger partial charge in [0.2, 0.25) is 0 Å². The van der Waals surface area contributed by atoms with Crippen LogP contribution in [0.15, 0.2) is 52.9 Å². The SMILES string of the molecule is C=C(Sc1cc(C(F)(F)F)ccc1C)N(CCc1ccc(C#N)c(C)c1)CCC1CCNCC1.CC. The first-order valence-corrected chi connectivity index (χ1v) is 13.5. The summed E-state index contributed by atoms with van der Waals surface area (Å²) in [5, 5.41) is 13.3. The zero-order valence-corrected chi connectivity index (χ0v) is 22.7. The number of nitrogens with zero attached hydrogens (tertiary/aromatic N) is 2. The Morgan fingerprint density at radius 1 is 1.08 bits per heavy atom. The van der Waals surface area contributed by atoms with Gasteiger partial charge in [0, 0.05) is 18.0 Å². The Morgan fingerprint density at radius 3 is 2.39 bits per heavy atom. The highest BCUT2D eigenvalue weighted by atomic mass is 32.2. The third-order valence-electron chi connectivity index (χ3n) is 6.44. The van der Waals surface area contributed by atoms with Crippen LogP contribution in [0.2, 0.25) is 0 Å². The van der Waals surface area contributed by atoms with E-state index in [-0.39, 0.29) is 0 Å². The average Bonchev–Trinajstić information content (AvgIpc) is 2.86. The number of benzene rings is 2. The van der Waals surface area contributed by atoms with Gasteiger partial charge in [-0.3, -0.25) is 0 Å². The second-order valence-corrected chi connectivity index (χ2v) is 10.1. The van der Waals surface area contributed by atoms with Crippen molar-refractivity contribution in [3.8, 4) is 6.07 Å². The van der Waals surface area contributed by atoms with Gasteiger partial charge in [0.05, 0.1) is 22.2 Å². The van der Waals surface area contributed by atoms with Gasteiger partial charge in [0.25, 0.3) is 0 Å². The molecule has 2 aromatic carbocycles. The zero-order valence-electron chi connectivity index (χ0n) is 21.8. The van der Waals surface area contributed by atoms with Crippen molar-refractivity contribution >= 4 is 11.8 Å². The average molecular weight is 518 g/mol. The van der Waals surface area contributed by atoms with E-state index in [2.05, 4.69) is 22.9 Å². The molecule has 1 saturated heterocycles. The lowest BCUT2D eigenvalue weighted by atomic mass is 9.94. The minimum absolute atomic E-state index is 0.584. The van der Waals surface area contributed by atoms with Crippen molar-refractivity contribution in [2.75, 3.05) is 26.2 Å². The Kier molecular flexibility index (Phi) is 11.9. The summed E-state index contributed by atoms with van der Waals surface area (Å²) in [6, 6.07) is 11.9. The molecule has 1 aliphatic rings. The van der Waals surface area contributed by atoms with Crippen molar-refractivity contribution in [1.29, 1.82) is 5.26 Å². The molecule has 0 aromatic heterocycles. The first-order chi connectivity index (χ1) is 17.2. The van der Waals surface area contributed by atoms with Gasteiger partial charge in [-0.05, 0) is 93.4 Å². The Morgan fingerprint density at radius 2 is 1.78 bits per heavy atom. The van der Waals surface area contributed by atoms with Crippen LogP contribution in [-0.2, 0) is 12.6 Å². The molecule has 0 amide bonds. The maximum Gasteiger partial charge on any atom is 0.416 e. The summed E-state index contributed by atoms with van der Waals surface area (Å²) < 4.78 is 39.8. The van der Waals surface area contributed by atoms with Crippen LogP contribution in [0, 0.1) is 31.1 Å². The molecule has 0 aliphatic carbocycles. The number of piperidine rings is 1. The molecule has 0 radical (unpaired) electrons. The van der Waals surface area contributed by atoms with Crippen LogP contribution in [0.5, 0.6) is 0 Å². The number of thioether (sulfide) groups is 1. The van der Waals surface area contributed by atoms with Gasteiger partial charge in [-0.1, -0.05) is 50.4 Å². The van der Waals surface area contributed by atoms with Gasteiger partial charge in [0.15, 0.2) is 0 Å². The van der Waals surface area contributed by atoms with Crippen LogP contribution in [0.1, 0.15) is 60.9 Å². The maximum absolute atomic E-state index is 13.3. The monoisotopic (exact) mass is 517 g/mol. The molecule has 196 valence electrons. The zero-order chi connectivity index (χ0) is 26.7. The number of nitriles is 1. The number of alkyl halides is 3. The predicted octanol–water partition coefficient (Wildman–Crippen LogP) is 7.72. The molecule has 1 heterocycles. The smallest absolute Gasteiger partial charge is 0.366 e. The standard InChI is InChI=1S/C27H32F3N3S.C2H6/c1-19-4-7-25(27(28,29)30)17-26(19)34-21(3)33(14-10-22-8-12-32-13-9-22)15-11-23-5-6-24(18-31)20(2)16-23;1-2/h4-7,16-17,22,32H,3,8-15H2,1-2H3;1-2H3. The van der Waals surface area contributed by atoms with Gasteiger partial charge in [0.1, 0.15) is 0 Å². The second kappa shape index (κ2) is 14.3. The summed E-state index contributed by atoms with van der Waals surface area (Å²) in [7, 11) is 0. The highest BCUT2D eigenvalue weighted by Crippen LogP contribution is 2.36. The fourth-order valence-corrected chi connectivity index (χ4v) is 5.20. The van der Waals surface area contributed by atoms with E-state index in [0.29, 0.717) is 16.4 Å². The van der Waals surface area contributed by atoms with Crippen molar-refractivity contribution in [3.05, 3.63) is 75.8 Å². The summed E-state index contributed by atoms with van der Waals surface area (Å²) in [6.45, 7) is 15.6. The Hall–Kier alpha value is -2.43. The minimum atomic E-state index is -4.37. The fraction of sp³-hybridized carbons (Fsp3) is 0.483. The van der Waals surface area contributed by atoms with E-state index in [1.54, 1.807) is 0 Å². The summed E-state index contributed by atoms with van der Waals surface area (Å²) >= 11 is 1.32. The number of rotatable bonds is 9. The van der Waals surface area contributed by atoms with Crippen LogP contribution >= 0.6 is 11.8 Å². The van der Waals surface area contributed by atoms with Gasteiger partial charge in [-0.25, -0.2) is 0 Å². The fourth-order valence-electron chi connectivity index (χ4n) is 4.22. The Balaban J connectivity index is 0.00000222. The quantitative estimate of drug-likeness (QED) is 0.346. The molecule has 0 spiro atoms. The van der Waals surface area contributed by atoms with E-state index in [0.717, 1.165) is 79.6 Å². The predicted molar refractivity (Wildman–Crippen MR) is 144 cm³/mol. The second-order valence-electron chi connectivity index (χ2n) is 8.95. The normalized spacial score (nSPS) is 13.9. The molecule has 1 aliphatic heterocycles. The lowest BCUT2D eigenvalue weighted by Crippen LogP contribution is -2.31. The van der Waals surface area contributed by atoms with Crippen molar-refractivity contribution in [2.45, 2.75) is 64.5 Å². The number of hydrogen-bond acceptors (Lipinski definition) is 4. The largest absolute Gasteiger partial charge is 0.416 e. The van der Waals surface area contributed by atoms with Crippen molar-refractivity contribution in [2.24, 2.45) is 5.92 Å². The molecule has 36 heavy (non-hydrogen) atoms. The van der Waals surface area contributed by atoms with Crippen LogP contribution < -0.4 is 5.32 Å². The topological polar surface area (TPSA) is 39.1 Å². The Labute approximate surface area is 218 Å². The van der Waals surface area contributed by atoms with E-state index in [1.165, 1.54) is 23.9 Å². The van der Waals surface area contributed by atoms with Crippen LogP contribution in [0.25, 0.3) is 0 Å². The van der Waals surface area contributed by atoms with Crippen LogP contribution in [-0.4, -0.2) is 31.1 Å². The lowest BCUT2D eigenvalue weighted by molar-refractivity contribution is -0.137. The van der Waals surface area contributed by atoms with Crippen molar-refractivity contribution < 1.29 is 13.2 Å². The Bertz CT molecular complexity index is 1040. The number of aryl methyl sites for hydroxylation is 2. The first-order valence-electron chi connectivity index (χ1n) is 12.7. The maximum atomic E-state index is 13.3. The molecule has 2 aromatic rings. The third-order valence-corrected chi connectivity index (χ3v) is 7.60. The van der Waals surface area contributed by atoms with E-state index >= 15 is 0 Å². The lowest BCUT2D eigenvalue weighted by Gasteiger charge is -2.30. The van der Waals surface area contributed by atoms with Crippen molar-refractivity contribution in [1.82, 2.24) is 10.2 Å². The highest BCUT2D eigenvalue weighted by molar-refractivity contribution is 8.03. The molecule has 1 N–H and O–H groups in total. The van der Waals surface area contributed by atoms with Gasteiger partial charge in [-0.15, -0.1) is 0 Å². The molecular weight excluding hydrogens is 479 g/mol. The van der Waals surface area contributed by atoms with Crippen LogP contribution in [0.3, 0.4) is 0 Å². The van der Waals surface area contributed by atoms with E-state index in [1.807, 2.05) is 45.9 Å². The first kappa shape index (κ1) is 29.8. The van der Waals surface area contributed by atoms with Gasteiger partial charge < -0.3 is 10.2 Å². The highest BCUT2D eigenvalue weighted by Gasteiger charge is 2.31. The number of hydrogen-bond donors (Lipinski definition) is 1. The van der Waals surface area contributed by atoms with E-state index in [4.69, 9.17) is 0 Å². The van der Waals surface area contributed by atoms with E-state index < -0.39 is 11.7 Å². The summed E-state index contributed by atoms with van der Waals surface area (Å²) in [5.41, 5.74) is 2.93. The van der Waals surface area contributed by atoms with Crippen molar-refractivity contribution in [3.63, 3.8) is 0 Å². The number of nitrogens with one attached hydrogen (secondary N) is 1. The molecule has 7 heteroatoms. The molecule has 3 nitrogen and oxygen atoms in total. The summed E-state index contributed by atoms with van der Waals surface area (Å²) in [6.07, 6.45) is -0.258. The molecule has 0 unspecified atom stereocenters. The number of halogens is 3. The molecular formula is C29H38F3N3S. The summed E-state index contributed by atoms with van der Waals surface area (Å²) in [4.78, 5) is 2.79. The molecule has 0 atom stereocenters. The molecule has 3 rings (SSSR count). The molecule has 0 saturated carbocycles. The summed E-state index contributed by atoms with van der Waals surface area (Å²) in [5.74, 6) is 0.647.